The molecule has 0 aliphatic carbocycles. The molecular weight excluding hydrogens is 274 g/mol. The summed E-state index contributed by atoms with van der Waals surface area (Å²) in [6.45, 7) is 0.761. The van der Waals surface area contributed by atoms with Gasteiger partial charge in [0, 0.05) is 17.8 Å². The van der Waals surface area contributed by atoms with E-state index in [4.69, 9.17) is 0 Å². The summed E-state index contributed by atoms with van der Waals surface area (Å²) in [5.41, 5.74) is 1.86. The molecule has 0 saturated heterocycles. The summed E-state index contributed by atoms with van der Waals surface area (Å²) < 4.78 is 27.1. The predicted octanol–water partition coefficient (Wildman–Crippen LogP) is 2.60. The molecule has 0 spiro atoms. The van der Waals surface area contributed by atoms with Crippen molar-refractivity contribution in [3.8, 4) is 0 Å². The maximum Gasteiger partial charge on any atom is 0.241 e. The van der Waals surface area contributed by atoms with Gasteiger partial charge in [-0.05, 0) is 17.7 Å². The molecule has 3 nitrogen and oxygen atoms in total. The Morgan fingerprint density at radius 3 is 2.71 bits per heavy atom. The molecule has 1 amide bonds. The van der Waals surface area contributed by atoms with Crippen LogP contribution in [0.15, 0.2) is 42.5 Å². The number of carbonyl (C=O) groups is 1. The van der Waals surface area contributed by atoms with E-state index in [1.54, 1.807) is 0 Å². The number of para-hydroxylation sites is 1. The number of hydrogen-bond donors (Lipinski definition) is 1. The lowest BCUT2D eigenvalue weighted by atomic mass is 10.1. The van der Waals surface area contributed by atoms with E-state index in [2.05, 4.69) is 5.32 Å². The summed E-state index contributed by atoms with van der Waals surface area (Å²) in [5, 5.41) is 3.04. The Kier molecular flexibility index (Phi) is 3.66. The van der Waals surface area contributed by atoms with Gasteiger partial charge >= 0.3 is 0 Å². The van der Waals surface area contributed by atoms with Gasteiger partial charge in [-0.2, -0.15) is 0 Å². The molecule has 0 bridgehead atoms. The van der Waals surface area contributed by atoms with Crippen LogP contribution in [0.1, 0.15) is 11.1 Å². The van der Waals surface area contributed by atoms with Gasteiger partial charge in [-0.25, -0.2) is 8.78 Å². The zero-order chi connectivity index (χ0) is 14.8. The number of anilines is 1. The Morgan fingerprint density at radius 2 is 1.86 bits per heavy atom. The first kappa shape index (κ1) is 13.7. The molecule has 2 aromatic carbocycles. The molecule has 0 unspecified atom stereocenters. The fraction of sp³-hybridized carbons (Fsp3) is 0.188. The molecular formula is C16H14F2N2O. The van der Waals surface area contributed by atoms with Crippen LogP contribution in [0, 0.1) is 11.6 Å². The third-order valence-corrected chi connectivity index (χ3v) is 3.54. The van der Waals surface area contributed by atoms with E-state index in [1.165, 1.54) is 17.0 Å². The van der Waals surface area contributed by atoms with Gasteiger partial charge in [-0.1, -0.05) is 30.3 Å². The summed E-state index contributed by atoms with van der Waals surface area (Å²) >= 11 is 0. The molecule has 0 fully saturated rings. The molecule has 0 saturated carbocycles. The van der Waals surface area contributed by atoms with Crippen LogP contribution in [0.4, 0.5) is 14.5 Å². The van der Waals surface area contributed by atoms with E-state index in [-0.39, 0.29) is 24.6 Å². The smallest absolute Gasteiger partial charge is 0.241 e. The lowest BCUT2D eigenvalue weighted by Gasteiger charge is -2.23. The highest BCUT2D eigenvalue weighted by atomic mass is 19.2. The minimum absolute atomic E-state index is 0.0150. The summed E-state index contributed by atoms with van der Waals surface area (Å²) in [4.78, 5) is 13.7. The lowest BCUT2D eigenvalue weighted by molar-refractivity contribution is -0.117. The molecule has 0 aromatic heterocycles. The highest BCUT2D eigenvalue weighted by Gasteiger charge is 2.23. The van der Waals surface area contributed by atoms with Gasteiger partial charge in [-0.3, -0.25) is 4.79 Å². The fourth-order valence-corrected chi connectivity index (χ4v) is 2.47. The molecule has 108 valence electrons. The standard InChI is InChI=1S/C16H14F2N2O/c17-13-6-3-5-12(16(13)18)10-20-14-7-2-1-4-11(14)8-19-9-15(20)21/h1-7,19H,8-10H2. The van der Waals surface area contributed by atoms with Crippen molar-refractivity contribution in [2.24, 2.45) is 0 Å². The molecule has 2 aromatic rings. The first-order chi connectivity index (χ1) is 10.2. The number of nitrogens with zero attached hydrogens (tertiary/aromatic N) is 1. The quantitative estimate of drug-likeness (QED) is 0.921. The lowest BCUT2D eigenvalue weighted by Crippen LogP contribution is -2.35. The van der Waals surface area contributed by atoms with Crippen LogP contribution in [0.25, 0.3) is 0 Å². The topological polar surface area (TPSA) is 32.3 Å². The molecule has 0 radical (unpaired) electrons. The van der Waals surface area contributed by atoms with Crippen molar-refractivity contribution in [2.75, 3.05) is 11.4 Å². The Hall–Kier alpha value is -2.27. The second-order valence-corrected chi connectivity index (χ2v) is 4.93. The fourth-order valence-electron chi connectivity index (χ4n) is 2.47. The van der Waals surface area contributed by atoms with Crippen molar-refractivity contribution < 1.29 is 13.6 Å². The van der Waals surface area contributed by atoms with Crippen LogP contribution >= 0.6 is 0 Å². The summed E-state index contributed by atoms with van der Waals surface area (Å²) in [5.74, 6) is -1.97. The number of rotatable bonds is 2. The van der Waals surface area contributed by atoms with Crippen molar-refractivity contribution in [2.45, 2.75) is 13.1 Å². The van der Waals surface area contributed by atoms with Crippen LogP contribution in [0.2, 0.25) is 0 Å². The number of halogens is 2. The summed E-state index contributed by atoms with van der Waals surface area (Å²) in [6, 6.07) is 11.4. The number of nitrogens with one attached hydrogen (secondary N) is 1. The normalized spacial score (nSPS) is 14.8. The van der Waals surface area contributed by atoms with E-state index in [0.717, 1.165) is 17.3 Å². The Labute approximate surface area is 121 Å². The first-order valence-electron chi connectivity index (χ1n) is 6.68. The second-order valence-electron chi connectivity index (χ2n) is 4.93. The summed E-state index contributed by atoms with van der Waals surface area (Å²) in [7, 11) is 0. The predicted molar refractivity (Wildman–Crippen MR) is 75.7 cm³/mol. The minimum atomic E-state index is -0.903. The maximum absolute atomic E-state index is 13.8. The average molecular weight is 288 g/mol. The van der Waals surface area contributed by atoms with Crippen LogP contribution in [0.3, 0.4) is 0 Å². The van der Waals surface area contributed by atoms with E-state index >= 15 is 0 Å². The summed E-state index contributed by atoms with van der Waals surface area (Å²) in [6.07, 6.45) is 0. The maximum atomic E-state index is 13.8. The van der Waals surface area contributed by atoms with Crippen molar-refractivity contribution in [1.29, 1.82) is 0 Å². The third-order valence-electron chi connectivity index (χ3n) is 3.54. The van der Waals surface area contributed by atoms with E-state index < -0.39 is 11.6 Å². The van der Waals surface area contributed by atoms with Gasteiger partial charge in [-0.15, -0.1) is 0 Å². The number of hydrogen-bond acceptors (Lipinski definition) is 2. The van der Waals surface area contributed by atoms with Gasteiger partial charge in [0.05, 0.1) is 13.1 Å². The Balaban J connectivity index is 2.00. The van der Waals surface area contributed by atoms with E-state index in [0.29, 0.717) is 6.54 Å². The van der Waals surface area contributed by atoms with E-state index in [9.17, 15) is 13.6 Å². The number of carbonyl (C=O) groups excluding carboxylic acids is 1. The number of fused-ring (bicyclic) bond motifs is 1. The molecule has 1 heterocycles. The molecule has 5 heteroatoms. The zero-order valence-electron chi connectivity index (χ0n) is 11.3. The molecule has 21 heavy (non-hydrogen) atoms. The average Bonchev–Trinajstić information content (AvgIpc) is 2.64. The van der Waals surface area contributed by atoms with Crippen LogP contribution in [0.5, 0.6) is 0 Å². The van der Waals surface area contributed by atoms with Gasteiger partial charge < -0.3 is 10.2 Å². The highest BCUT2D eigenvalue weighted by Crippen LogP contribution is 2.25. The van der Waals surface area contributed by atoms with E-state index in [1.807, 2.05) is 24.3 Å². The van der Waals surface area contributed by atoms with Gasteiger partial charge in [0.15, 0.2) is 11.6 Å². The molecule has 1 aliphatic rings. The second kappa shape index (κ2) is 5.61. The number of amides is 1. The van der Waals surface area contributed by atoms with Crippen molar-refractivity contribution in [3.63, 3.8) is 0 Å². The highest BCUT2D eigenvalue weighted by molar-refractivity contribution is 5.96. The molecule has 3 rings (SSSR count). The number of benzene rings is 2. The molecule has 1 aliphatic heterocycles. The zero-order valence-corrected chi connectivity index (χ0v) is 11.3. The largest absolute Gasteiger partial charge is 0.306 e. The van der Waals surface area contributed by atoms with Crippen molar-refractivity contribution >= 4 is 11.6 Å². The first-order valence-corrected chi connectivity index (χ1v) is 6.68. The SMILES string of the molecule is O=C1CNCc2ccccc2N1Cc1cccc(F)c1F. The third kappa shape index (κ3) is 2.64. The molecule has 0 atom stereocenters. The van der Waals surface area contributed by atoms with Gasteiger partial charge in [0.2, 0.25) is 5.91 Å². The van der Waals surface area contributed by atoms with Crippen molar-refractivity contribution in [1.82, 2.24) is 5.32 Å². The van der Waals surface area contributed by atoms with Crippen LogP contribution < -0.4 is 10.2 Å². The Bertz CT molecular complexity index is 688. The monoisotopic (exact) mass is 288 g/mol. The Morgan fingerprint density at radius 1 is 1.05 bits per heavy atom. The molecule has 1 N–H and O–H groups in total. The van der Waals surface area contributed by atoms with Crippen LogP contribution in [-0.4, -0.2) is 12.5 Å². The van der Waals surface area contributed by atoms with Gasteiger partial charge in [0.25, 0.3) is 0 Å². The minimum Gasteiger partial charge on any atom is -0.306 e. The van der Waals surface area contributed by atoms with Crippen molar-refractivity contribution in [3.05, 3.63) is 65.2 Å². The van der Waals surface area contributed by atoms with Gasteiger partial charge in [0.1, 0.15) is 0 Å². The van der Waals surface area contributed by atoms with Crippen LogP contribution in [-0.2, 0) is 17.9 Å².